The van der Waals surface area contributed by atoms with Crippen LogP contribution in [0.2, 0.25) is 0 Å². The third-order valence-electron chi connectivity index (χ3n) is 5.83. The second-order valence-corrected chi connectivity index (χ2v) is 7.89. The quantitative estimate of drug-likeness (QED) is 0.721. The third kappa shape index (κ3) is 2.10. The number of ether oxygens (including phenoxy) is 2. The fraction of sp³-hybridized carbons (Fsp3) is 0.429. The molecule has 2 aromatic carbocycles. The molecule has 0 radical (unpaired) electrons. The molecular formula is C21H24O5. The smallest absolute Gasteiger partial charge is 0.161 e. The SMILES string of the molecule is COc1cc(C)cc2c1CO[C@]21c2ccc(O)c(O)c2C[C@H]1C(C)(C)O. The molecule has 4 rings (SSSR count). The lowest BCUT2D eigenvalue weighted by molar-refractivity contribution is -0.112. The summed E-state index contributed by atoms with van der Waals surface area (Å²) in [5.41, 5.74) is 2.46. The van der Waals surface area contributed by atoms with E-state index in [9.17, 15) is 15.3 Å². The Balaban J connectivity index is 2.05. The molecule has 138 valence electrons. The van der Waals surface area contributed by atoms with E-state index in [-0.39, 0.29) is 17.4 Å². The molecular weight excluding hydrogens is 332 g/mol. The number of benzene rings is 2. The molecule has 0 aromatic heterocycles. The van der Waals surface area contributed by atoms with E-state index in [1.807, 2.05) is 13.0 Å². The van der Waals surface area contributed by atoms with E-state index in [4.69, 9.17) is 9.47 Å². The van der Waals surface area contributed by atoms with Gasteiger partial charge >= 0.3 is 0 Å². The molecule has 1 aliphatic carbocycles. The van der Waals surface area contributed by atoms with Crippen LogP contribution in [0.4, 0.5) is 0 Å². The zero-order valence-corrected chi connectivity index (χ0v) is 15.5. The maximum Gasteiger partial charge on any atom is 0.161 e. The van der Waals surface area contributed by atoms with E-state index < -0.39 is 11.2 Å². The molecule has 2 atom stereocenters. The van der Waals surface area contributed by atoms with Gasteiger partial charge < -0.3 is 24.8 Å². The van der Waals surface area contributed by atoms with E-state index in [0.717, 1.165) is 28.0 Å². The normalized spacial score (nSPS) is 24.0. The van der Waals surface area contributed by atoms with Crippen molar-refractivity contribution in [3.8, 4) is 17.2 Å². The largest absolute Gasteiger partial charge is 0.504 e. The van der Waals surface area contributed by atoms with Gasteiger partial charge in [0.25, 0.3) is 0 Å². The molecule has 5 nitrogen and oxygen atoms in total. The lowest BCUT2D eigenvalue weighted by Gasteiger charge is -2.39. The van der Waals surface area contributed by atoms with E-state index >= 15 is 0 Å². The van der Waals surface area contributed by atoms with Crippen LogP contribution in [-0.2, 0) is 23.4 Å². The zero-order valence-electron chi connectivity index (χ0n) is 15.5. The topological polar surface area (TPSA) is 79.2 Å². The van der Waals surface area contributed by atoms with Gasteiger partial charge in [0.15, 0.2) is 11.5 Å². The van der Waals surface area contributed by atoms with Gasteiger partial charge in [-0.1, -0.05) is 12.1 Å². The van der Waals surface area contributed by atoms with Crippen molar-refractivity contribution >= 4 is 0 Å². The Hall–Kier alpha value is -2.24. The Kier molecular flexibility index (Phi) is 3.56. The lowest BCUT2D eigenvalue weighted by atomic mass is 9.73. The van der Waals surface area contributed by atoms with Gasteiger partial charge in [0.05, 0.1) is 19.3 Å². The highest BCUT2D eigenvalue weighted by atomic mass is 16.5. The minimum Gasteiger partial charge on any atom is -0.504 e. The first-order valence-corrected chi connectivity index (χ1v) is 8.78. The number of methoxy groups -OCH3 is 1. The van der Waals surface area contributed by atoms with Crippen molar-refractivity contribution in [1.82, 2.24) is 0 Å². The monoisotopic (exact) mass is 356 g/mol. The van der Waals surface area contributed by atoms with Gasteiger partial charge in [-0.05, 0) is 56.0 Å². The van der Waals surface area contributed by atoms with E-state index in [2.05, 4.69) is 6.07 Å². The summed E-state index contributed by atoms with van der Waals surface area (Å²) in [6, 6.07) is 7.32. The number of phenolic OH excluding ortho intramolecular Hbond substituents is 2. The van der Waals surface area contributed by atoms with Crippen LogP contribution in [-0.4, -0.2) is 28.0 Å². The Morgan fingerprint density at radius 2 is 1.88 bits per heavy atom. The highest BCUT2D eigenvalue weighted by Gasteiger charge is 2.58. The fourth-order valence-corrected chi connectivity index (χ4v) is 4.68. The minimum absolute atomic E-state index is 0.134. The summed E-state index contributed by atoms with van der Waals surface area (Å²) in [5.74, 6) is 0.161. The predicted octanol–water partition coefficient (Wildman–Crippen LogP) is 3.13. The van der Waals surface area contributed by atoms with Gasteiger partial charge in [-0.15, -0.1) is 0 Å². The summed E-state index contributed by atoms with van der Waals surface area (Å²) in [6.45, 7) is 5.89. The number of aliphatic hydroxyl groups is 1. The molecule has 0 unspecified atom stereocenters. The Labute approximate surface area is 152 Å². The molecule has 1 spiro atoms. The second-order valence-electron chi connectivity index (χ2n) is 7.89. The summed E-state index contributed by atoms with van der Waals surface area (Å²) in [5, 5.41) is 31.3. The summed E-state index contributed by atoms with van der Waals surface area (Å²) in [7, 11) is 1.64. The van der Waals surface area contributed by atoms with Crippen LogP contribution in [0.3, 0.4) is 0 Å². The summed E-state index contributed by atoms with van der Waals surface area (Å²) in [4.78, 5) is 0. The average Bonchev–Trinajstić information content (AvgIpc) is 3.11. The molecule has 2 aromatic rings. The Morgan fingerprint density at radius 1 is 1.15 bits per heavy atom. The number of fused-ring (bicyclic) bond motifs is 4. The van der Waals surface area contributed by atoms with Crippen LogP contribution in [0.5, 0.6) is 17.2 Å². The second kappa shape index (κ2) is 5.38. The molecule has 2 aliphatic rings. The molecule has 26 heavy (non-hydrogen) atoms. The van der Waals surface area contributed by atoms with Crippen molar-refractivity contribution in [2.75, 3.05) is 7.11 Å². The van der Waals surface area contributed by atoms with Crippen LogP contribution in [0, 0.1) is 12.8 Å². The van der Waals surface area contributed by atoms with Crippen molar-refractivity contribution in [2.45, 2.75) is 45.0 Å². The maximum absolute atomic E-state index is 10.9. The number of aromatic hydroxyl groups is 2. The molecule has 0 bridgehead atoms. The highest BCUT2D eigenvalue weighted by Crippen LogP contribution is 2.60. The Morgan fingerprint density at radius 3 is 2.54 bits per heavy atom. The lowest BCUT2D eigenvalue weighted by Crippen LogP contribution is -2.45. The number of phenols is 2. The molecule has 3 N–H and O–H groups in total. The first kappa shape index (κ1) is 17.2. The molecule has 0 fully saturated rings. The van der Waals surface area contributed by atoms with Gasteiger partial charge in [0, 0.05) is 17.0 Å². The molecule has 1 aliphatic heterocycles. The third-order valence-corrected chi connectivity index (χ3v) is 5.83. The van der Waals surface area contributed by atoms with E-state index in [0.29, 0.717) is 18.6 Å². The summed E-state index contributed by atoms with van der Waals surface area (Å²) >= 11 is 0. The number of hydrogen-bond donors (Lipinski definition) is 3. The van der Waals surface area contributed by atoms with Crippen molar-refractivity contribution in [3.63, 3.8) is 0 Å². The van der Waals surface area contributed by atoms with Gasteiger partial charge in [0.2, 0.25) is 0 Å². The fourth-order valence-electron chi connectivity index (χ4n) is 4.68. The van der Waals surface area contributed by atoms with Crippen molar-refractivity contribution in [3.05, 3.63) is 52.1 Å². The standard InChI is InChI=1S/C21H24O5/c1-11-7-15-13(17(8-11)25-4)10-26-21(15)14-5-6-16(22)19(23)12(14)9-18(21)20(2,3)24/h5-8,18,22-24H,9-10H2,1-4H3/t18-,21+/m0/s1. The van der Waals surface area contributed by atoms with Crippen LogP contribution >= 0.6 is 0 Å². The maximum atomic E-state index is 10.9. The first-order chi connectivity index (χ1) is 12.2. The van der Waals surface area contributed by atoms with Gasteiger partial charge in [0.1, 0.15) is 11.4 Å². The van der Waals surface area contributed by atoms with Crippen molar-refractivity contribution < 1.29 is 24.8 Å². The minimum atomic E-state index is -1.06. The van der Waals surface area contributed by atoms with Crippen LogP contribution in [0.25, 0.3) is 0 Å². The van der Waals surface area contributed by atoms with Gasteiger partial charge in [-0.2, -0.15) is 0 Å². The first-order valence-electron chi connectivity index (χ1n) is 8.78. The summed E-state index contributed by atoms with van der Waals surface area (Å²) < 4.78 is 12.0. The van der Waals surface area contributed by atoms with Crippen LogP contribution in [0.15, 0.2) is 24.3 Å². The molecule has 1 heterocycles. The number of rotatable bonds is 2. The average molecular weight is 356 g/mol. The van der Waals surface area contributed by atoms with Gasteiger partial charge in [-0.25, -0.2) is 0 Å². The highest BCUT2D eigenvalue weighted by molar-refractivity contribution is 5.61. The molecule has 0 saturated carbocycles. The van der Waals surface area contributed by atoms with E-state index in [1.165, 1.54) is 6.07 Å². The Bertz CT molecular complexity index is 896. The van der Waals surface area contributed by atoms with Crippen molar-refractivity contribution in [2.24, 2.45) is 5.92 Å². The molecule has 5 heteroatoms. The van der Waals surface area contributed by atoms with Crippen LogP contribution in [0.1, 0.15) is 41.7 Å². The van der Waals surface area contributed by atoms with Crippen LogP contribution < -0.4 is 4.74 Å². The predicted molar refractivity (Wildman–Crippen MR) is 96.6 cm³/mol. The van der Waals surface area contributed by atoms with E-state index in [1.54, 1.807) is 27.0 Å². The molecule has 0 amide bonds. The zero-order chi connectivity index (χ0) is 18.9. The number of hydrogen-bond acceptors (Lipinski definition) is 5. The summed E-state index contributed by atoms with van der Waals surface area (Å²) in [6.07, 6.45) is 0.411. The number of aryl methyl sites for hydroxylation is 1. The van der Waals surface area contributed by atoms with Gasteiger partial charge in [-0.3, -0.25) is 0 Å². The molecule has 0 saturated heterocycles. The van der Waals surface area contributed by atoms with Crippen molar-refractivity contribution in [1.29, 1.82) is 0 Å².